The number of pyridine rings is 1. The van der Waals surface area contributed by atoms with Crippen LogP contribution < -0.4 is 24.3 Å². The lowest BCUT2D eigenvalue weighted by Gasteiger charge is -2.13. The summed E-state index contributed by atoms with van der Waals surface area (Å²) in [6.45, 7) is 3.34. The average Bonchev–Trinajstić information content (AvgIpc) is 2.83. The molecule has 0 saturated heterocycles. The van der Waals surface area contributed by atoms with Gasteiger partial charge in [-0.1, -0.05) is 17.7 Å². The smallest absolute Gasteiger partial charge is 0.162 e. The van der Waals surface area contributed by atoms with Crippen molar-refractivity contribution < 1.29 is 18.9 Å². The number of anilines is 1. The normalized spacial score (nSPS) is 10.6. The summed E-state index contributed by atoms with van der Waals surface area (Å²) >= 11 is 0. The Hall–Kier alpha value is -3.93. The summed E-state index contributed by atoms with van der Waals surface area (Å²) in [5.41, 5.74) is 2.99. The Balaban J connectivity index is 1.38. The predicted octanol–water partition coefficient (Wildman–Crippen LogP) is 5.84. The number of hydrogen-bond donors (Lipinski definition) is 1. The number of nitrogens with one attached hydrogen (secondary N) is 1. The quantitative estimate of drug-likeness (QED) is 0.337. The third-order valence-electron chi connectivity index (χ3n) is 5.01. The molecular formula is C26H26N2O4. The molecule has 6 nitrogen and oxygen atoms in total. The molecule has 0 fully saturated rings. The van der Waals surface area contributed by atoms with Gasteiger partial charge in [-0.25, -0.2) is 0 Å². The molecule has 0 amide bonds. The number of methoxy groups -OCH3 is 2. The van der Waals surface area contributed by atoms with Crippen LogP contribution in [0.25, 0.3) is 10.9 Å². The Morgan fingerprint density at radius 3 is 2.19 bits per heavy atom. The average molecular weight is 431 g/mol. The standard InChI is InChI=1S/C26H26N2O4/c1-18-4-8-20(9-5-18)31-15-14-27-19-6-10-21(11-7-19)32-24-12-13-28-23-17-26(30-3)25(29-2)16-22(23)24/h4-13,16-17,27H,14-15H2,1-3H3. The Bertz CT molecular complexity index is 1180. The van der Waals surface area contributed by atoms with E-state index < -0.39 is 0 Å². The van der Waals surface area contributed by atoms with Crippen molar-refractivity contribution in [3.63, 3.8) is 0 Å². The van der Waals surface area contributed by atoms with Crippen molar-refractivity contribution in [2.75, 3.05) is 32.7 Å². The van der Waals surface area contributed by atoms with E-state index in [1.807, 2.05) is 66.7 Å². The number of aryl methyl sites for hydroxylation is 1. The Morgan fingerprint density at radius 2 is 1.47 bits per heavy atom. The van der Waals surface area contributed by atoms with Crippen LogP contribution in [0.15, 0.2) is 72.9 Å². The Labute approximate surface area is 187 Å². The Kier molecular flexibility index (Phi) is 6.60. The van der Waals surface area contributed by atoms with E-state index in [0.717, 1.165) is 28.1 Å². The number of nitrogens with zero attached hydrogens (tertiary/aromatic N) is 1. The van der Waals surface area contributed by atoms with Gasteiger partial charge < -0.3 is 24.3 Å². The number of hydrogen-bond acceptors (Lipinski definition) is 6. The molecule has 164 valence electrons. The summed E-state index contributed by atoms with van der Waals surface area (Å²) in [6, 6.07) is 21.4. The van der Waals surface area contributed by atoms with Gasteiger partial charge >= 0.3 is 0 Å². The van der Waals surface area contributed by atoms with E-state index in [-0.39, 0.29) is 0 Å². The van der Waals surface area contributed by atoms with Gasteiger partial charge in [0, 0.05) is 29.9 Å². The lowest BCUT2D eigenvalue weighted by Crippen LogP contribution is -2.11. The number of ether oxygens (including phenoxy) is 4. The summed E-state index contributed by atoms with van der Waals surface area (Å²) in [7, 11) is 3.21. The summed E-state index contributed by atoms with van der Waals surface area (Å²) in [5, 5.41) is 4.20. The summed E-state index contributed by atoms with van der Waals surface area (Å²) in [5.74, 6) is 3.56. The fourth-order valence-electron chi connectivity index (χ4n) is 3.30. The molecule has 0 unspecified atom stereocenters. The zero-order valence-corrected chi connectivity index (χ0v) is 18.4. The second-order valence-electron chi connectivity index (χ2n) is 7.25. The minimum atomic E-state index is 0.579. The first-order chi connectivity index (χ1) is 15.7. The highest BCUT2D eigenvalue weighted by Crippen LogP contribution is 2.36. The van der Waals surface area contributed by atoms with Crippen molar-refractivity contribution in [3.05, 3.63) is 78.5 Å². The minimum Gasteiger partial charge on any atom is -0.493 e. The molecule has 0 bridgehead atoms. The first-order valence-corrected chi connectivity index (χ1v) is 10.4. The van der Waals surface area contributed by atoms with E-state index in [1.165, 1.54) is 5.56 Å². The molecule has 0 aliphatic carbocycles. The van der Waals surface area contributed by atoms with Gasteiger partial charge in [0.1, 0.15) is 23.9 Å². The minimum absolute atomic E-state index is 0.579. The van der Waals surface area contributed by atoms with Crippen molar-refractivity contribution in [3.8, 4) is 28.7 Å². The molecule has 0 aliphatic rings. The third-order valence-corrected chi connectivity index (χ3v) is 5.01. The largest absolute Gasteiger partial charge is 0.493 e. The fraction of sp³-hybridized carbons (Fsp3) is 0.192. The van der Waals surface area contributed by atoms with Crippen LogP contribution >= 0.6 is 0 Å². The summed E-state index contributed by atoms with van der Waals surface area (Å²) in [6.07, 6.45) is 1.72. The molecular weight excluding hydrogens is 404 g/mol. The van der Waals surface area contributed by atoms with Crippen LogP contribution in [0.2, 0.25) is 0 Å². The van der Waals surface area contributed by atoms with Gasteiger partial charge in [0.15, 0.2) is 11.5 Å². The van der Waals surface area contributed by atoms with Gasteiger partial charge in [-0.05, 0) is 55.5 Å². The summed E-state index contributed by atoms with van der Waals surface area (Å²) < 4.78 is 22.7. The molecule has 4 rings (SSSR count). The topological polar surface area (TPSA) is 61.8 Å². The van der Waals surface area contributed by atoms with Crippen LogP contribution in [0.1, 0.15) is 5.56 Å². The molecule has 0 radical (unpaired) electrons. The predicted molar refractivity (Wildman–Crippen MR) is 127 cm³/mol. The lowest BCUT2D eigenvalue weighted by molar-refractivity contribution is 0.333. The number of fused-ring (bicyclic) bond motifs is 1. The molecule has 0 saturated carbocycles. The van der Waals surface area contributed by atoms with E-state index in [2.05, 4.69) is 17.2 Å². The Morgan fingerprint density at radius 1 is 0.781 bits per heavy atom. The van der Waals surface area contributed by atoms with Crippen molar-refractivity contribution in [1.82, 2.24) is 4.98 Å². The molecule has 3 aromatic carbocycles. The van der Waals surface area contributed by atoms with Crippen molar-refractivity contribution in [2.45, 2.75) is 6.92 Å². The maximum absolute atomic E-state index is 6.12. The highest BCUT2D eigenvalue weighted by Gasteiger charge is 2.11. The van der Waals surface area contributed by atoms with Crippen LogP contribution in [0.5, 0.6) is 28.7 Å². The zero-order chi connectivity index (χ0) is 22.3. The van der Waals surface area contributed by atoms with Gasteiger partial charge in [0.2, 0.25) is 0 Å². The molecule has 0 spiro atoms. The molecule has 6 heteroatoms. The van der Waals surface area contributed by atoms with Crippen LogP contribution in [0.3, 0.4) is 0 Å². The molecule has 4 aromatic rings. The van der Waals surface area contributed by atoms with Crippen LogP contribution in [-0.2, 0) is 0 Å². The third kappa shape index (κ3) is 5.03. The highest BCUT2D eigenvalue weighted by atomic mass is 16.5. The maximum atomic E-state index is 6.12. The number of aromatic nitrogens is 1. The van der Waals surface area contributed by atoms with E-state index in [0.29, 0.717) is 30.4 Å². The first kappa shape index (κ1) is 21.3. The van der Waals surface area contributed by atoms with Crippen LogP contribution in [0, 0.1) is 6.92 Å². The van der Waals surface area contributed by atoms with E-state index in [4.69, 9.17) is 18.9 Å². The molecule has 1 aromatic heterocycles. The van der Waals surface area contributed by atoms with E-state index >= 15 is 0 Å². The molecule has 32 heavy (non-hydrogen) atoms. The van der Waals surface area contributed by atoms with Gasteiger partial charge in [-0.2, -0.15) is 0 Å². The fourth-order valence-corrected chi connectivity index (χ4v) is 3.30. The zero-order valence-electron chi connectivity index (χ0n) is 18.4. The van der Waals surface area contributed by atoms with E-state index in [1.54, 1.807) is 20.4 Å². The summed E-state index contributed by atoms with van der Waals surface area (Å²) in [4.78, 5) is 4.41. The molecule has 0 aliphatic heterocycles. The van der Waals surface area contributed by atoms with Crippen molar-refractivity contribution in [1.29, 1.82) is 0 Å². The van der Waals surface area contributed by atoms with Gasteiger partial charge in [0.25, 0.3) is 0 Å². The number of rotatable bonds is 9. The number of benzene rings is 3. The van der Waals surface area contributed by atoms with Gasteiger partial charge in [0.05, 0.1) is 19.7 Å². The molecule has 1 N–H and O–H groups in total. The molecule has 0 atom stereocenters. The van der Waals surface area contributed by atoms with Gasteiger partial charge in [-0.3, -0.25) is 4.98 Å². The van der Waals surface area contributed by atoms with Crippen molar-refractivity contribution >= 4 is 16.6 Å². The van der Waals surface area contributed by atoms with E-state index in [9.17, 15) is 0 Å². The first-order valence-electron chi connectivity index (χ1n) is 10.4. The van der Waals surface area contributed by atoms with Gasteiger partial charge in [-0.15, -0.1) is 0 Å². The second-order valence-corrected chi connectivity index (χ2v) is 7.25. The lowest BCUT2D eigenvalue weighted by atomic mass is 10.2. The van der Waals surface area contributed by atoms with Crippen molar-refractivity contribution in [2.24, 2.45) is 0 Å². The second kappa shape index (κ2) is 9.92. The van der Waals surface area contributed by atoms with Crippen LogP contribution in [-0.4, -0.2) is 32.4 Å². The van der Waals surface area contributed by atoms with Crippen LogP contribution in [0.4, 0.5) is 5.69 Å². The molecule has 1 heterocycles. The monoisotopic (exact) mass is 430 g/mol. The maximum Gasteiger partial charge on any atom is 0.162 e. The highest BCUT2D eigenvalue weighted by molar-refractivity contribution is 5.88. The SMILES string of the molecule is COc1cc2nccc(Oc3ccc(NCCOc4ccc(C)cc4)cc3)c2cc1OC.